The lowest BCUT2D eigenvalue weighted by atomic mass is 9.94. The highest BCUT2D eigenvalue weighted by molar-refractivity contribution is 7.89. The van der Waals surface area contributed by atoms with Crippen LogP contribution in [0.1, 0.15) is 46.5 Å². The van der Waals surface area contributed by atoms with Crippen LogP contribution in [-0.4, -0.2) is 44.7 Å². The number of hydrogen-bond donors (Lipinski definition) is 1. The van der Waals surface area contributed by atoms with E-state index in [0.29, 0.717) is 6.54 Å². The molecule has 0 spiro atoms. The summed E-state index contributed by atoms with van der Waals surface area (Å²) < 4.78 is 26.6. The summed E-state index contributed by atoms with van der Waals surface area (Å²) in [6, 6.07) is 0.147. The van der Waals surface area contributed by atoms with Crippen LogP contribution in [0.15, 0.2) is 0 Å². The number of sulfonamides is 1. The highest BCUT2D eigenvalue weighted by atomic mass is 32.2. The first kappa shape index (κ1) is 15.9. The Hall–Kier alpha value is -0.130. The topological polar surface area (TPSA) is 49.4 Å². The van der Waals surface area contributed by atoms with Gasteiger partial charge in [-0.05, 0) is 31.7 Å². The summed E-state index contributed by atoms with van der Waals surface area (Å²) in [5.41, 5.74) is 0.0708. The van der Waals surface area contributed by atoms with E-state index in [1.807, 2.05) is 7.05 Å². The highest BCUT2D eigenvalue weighted by Crippen LogP contribution is 2.24. The van der Waals surface area contributed by atoms with Crippen molar-refractivity contribution in [2.45, 2.75) is 52.5 Å². The second kappa shape index (κ2) is 6.35. The Bertz CT molecular complexity index is 344. The maximum absolute atomic E-state index is 12.4. The Kier molecular flexibility index (Phi) is 5.62. The zero-order valence-corrected chi connectivity index (χ0v) is 13.0. The summed E-state index contributed by atoms with van der Waals surface area (Å²) in [4.78, 5) is 0. The number of nitrogens with one attached hydrogen (secondary N) is 1. The van der Waals surface area contributed by atoms with Crippen molar-refractivity contribution in [3.63, 3.8) is 0 Å². The van der Waals surface area contributed by atoms with Crippen molar-refractivity contribution >= 4 is 10.0 Å². The van der Waals surface area contributed by atoms with Gasteiger partial charge >= 0.3 is 0 Å². The molecule has 1 N–H and O–H groups in total. The fourth-order valence-corrected chi connectivity index (χ4v) is 4.48. The average molecular weight is 276 g/mol. The number of rotatable bonds is 5. The van der Waals surface area contributed by atoms with Crippen LogP contribution >= 0.6 is 0 Å². The van der Waals surface area contributed by atoms with Crippen LogP contribution in [-0.2, 0) is 10.0 Å². The van der Waals surface area contributed by atoms with E-state index in [1.54, 1.807) is 4.31 Å². The van der Waals surface area contributed by atoms with Crippen LogP contribution in [0.2, 0.25) is 0 Å². The lowest BCUT2D eigenvalue weighted by Crippen LogP contribution is -2.48. The molecule has 18 heavy (non-hydrogen) atoms. The molecule has 0 radical (unpaired) electrons. The molecule has 1 fully saturated rings. The fourth-order valence-electron chi connectivity index (χ4n) is 2.33. The lowest BCUT2D eigenvalue weighted by Gasteiger charge is -2.35. The normalized spacial score (nSPS) is 23.2. The maximum atomic E-state index is 12.4. The van der Waals surface area contributed by atoms with E-state index in [4.69, 9.17) is 0 Å². The molecule has 0 aliphatic carbocycles. The third-order valence-corrected chi connectivity index (χ3v) is 5.40. The molecule has 1 aliphatic rings. The van der Waals surface area contributed by atoms with Gasteiger partial charge in [0.25, 0.3) is 0 Å². The van der Waals surface area contributed by atoms with Crippen LogP contribution in [0, 0.1) is 5.41 Å². The number of likely N-dealkylation sites (N-methyl/N-ethyl adjacent to an activating group) is 1. The Morgan fingerprint density at radius 2 is 1.94 bits per heavy atom. The molecule has 0 aromatic rings. The maximum Gasteiger partial charge on any atom is 0.214 e. The van der Waals surface area contributed by atoms with Crippen LogP contribution in [0.25, 0.3) is 0 Å². The molecule has 5 heteroatoms. The van der Waals surface area contributed by atoms with E-state index in [9.17, 15) is 8.42 Å². The summed E-state index contributed by atoms with van der Waals surface area (Å²) in [6.45, 7) is 7.71. The molecular weight excluding hydrogens is 248 g/mol. The van der Waals surface area contributed by atoms with E-state index in [1.165, 1.54) is 0 Å². The first-order valence-corrected chi connectivity index (χ1v) is 8.51. The Labute approximate surface area is 112 Å². The quantitative estimate of drug-likeness (QED) is 0.833. The molecule has 0 aromatic heterocycles. The summed E-state index contributed by atoms with van der Waals surface area (Å²) in [6.07, 6.45) is 3.83. The van der Waals surface area contributed by atoms with Gasteiger partial charge in [-0.1, -0.05) is 27.2 Å². The molecule has 0 bridgehead atoms. The van der Waals surface area contributed by atoms with E-state index >= 15 is 0 Å². The van der Waals surface area contributed by atoms with E-state index in [-0.39, 0.29) is 17.2 Å². The van der Waals surface area contributed by atoms with Gasteiger partial charge in [0.2, 0.25) is 10.0 Å². The second-order valence-electron chi connectivity index (χ2n) is 6.44. The minimum absolute atomic E-state index is 0.0708. The molecule has 1 aliphatic heterocycles. The van der Waals surface area contributed by atoms with Crippen LogP contribution in [0.3, 0.4) is 0 Å². The van der Waals surface area contributed by atoms with Gasteiger partial charge in [-0.25, -0.2) is 8.42 Å². The largest absolute Gasteiger partial charge is 0.318 e. The first-order chi connectivity index (χ1) is 8.26. The Morgan fingerprint density at radius 3 is 2.50 bits per heavy atom. The average Bonchev–Trinajstić information content (AvgIpc) is 2.27. The van der Waals surface area contributed by atoms with Crippen LogP contribution in [0.4, 0.5) is 0 Å². The monoisotopic (exact) mass is 276 g/mol. The molecular formula is C13H28N2O2S. The highest BCUT2D eigenvalue weighted by Gasteiger charge is 2.32. The number of piperidine rings is 1. The standard InChI is InChI=1S/C13H28N2O2S/c1-13(2,3)8-10-18(16,17)15-9-6-5-7-12(15)11-14-4/h12,14H,5-11H2,1-4H3. The van der Waals surface area contributed by atoms with Crippen molar-refractivity contribution in [1.29, 1.82) is 0 Å². The number of hydrogen-bond acceptors (Lipinski definition) is 3. The molecule has 108 valence electrons. The van der Waals surface area contributed by atoms with Gasteiger partial charge in [0, 0.05) is 19.1 Å². The SMILES string of the molecule is CNCC1CCCCN1S(=O)(=O)CCC(C)(C)C. The molecule has 0 aromatic carbocycles. The number of nitrogens with zero attached hydrogens (tertiary/aromatic N) is 1. The Balaban J connectivity index is 2.69. The van der Waals surface area contributed by atoms with Crippen molar-refractivity contribution in [3.05, 3.63) is 0 Å². The molecule has 4 nitrogen and oxygen atoms in total. The van der Waals surface area contributed by atoms with E-state index in [0.717, 1.165) is 32.2 Å². The minimum atomic E-state index is -3.09. The summed E-state index contributed by atoms with van der Waals surface area (Å²) in [7, 11) is -1.21. The van der Waals surface area contributed by atoms with Crippen LogP contribution in [0.5, 0.6) is 0 Å². The van der Waals surface area contributed by atoms with Crippen molar-refractivity contribution in [3.8, 4) is 0 Å². The molecule has 1 rings (SSSR count). The van der Waals surface area contributed by atoms with Crippen molar-refractivity contribution in [2.24, 2.45) is 5.41 Å². The van der Waals surface area contributed by atoms with E-state index in [2.05, 4.69) is 26.1 Å². The van der Waals surface area contributed by atoms with Crippen molar-refractivity contribution in [2.75, 3.05) is 25.9 Å². The van der Waals surface area contributed by atoms with Gasteiger partial charge in [0.05, 0.1) is 5.75 Å². The first-order valence-electron chi connectivity index (χ1n) is 6.90. The van der Waals surface area contributed by atoms with Crippen molar-refractivity contribution in [1.82, 2.24) is 9.62 Å². The summed E-state index contributed by atoms with van der Waals surface area (Å²) in [5, 5.41) is 3.11. The molecule has 1 saturated heterocycles. The van der Waals surface area contributed by atoms with E-state index < -0.39 is 10.0 Å². The summed E-state index contributed by atoms with van der Waals surface area (Å²) in [5.74, 6) is 0.275. The molecule has 1 atom stereocenters. The zero-order chi connectivity index (χ0) is 13.8. The third-order valence-electron chi connectivity index (χ3n) is 3.48. The third kappa shape index (κ3) is 4.86. The molecule has 0 amide bonds. The second-order valence-corrected chi connectivity index (χ2v) is 8.49. The fraction of sp³-hybridized carbons (Fsp3) is 1.00. The smallest absolute Gasteiger partial charge is 0.214 e. The van der Waals surface area contributed by atoms with Gasteiger partial charge in [-0.15, -0.1) is 0 Å². The minimum Gasteiger partial charge on any atom is -0.318 e. The van der Waals surface area contributed by atoms with Gasteiger partial charge in [-0.2, -0.15) is 4.31 Å². The summed E-state index contributed by atoms with van der Waals surface area (Å²) >= 11 is 0. The predicted octanol–water partition coefficient (Wildman–Crippen LogP) is 1.83. The van der Waals surface area contributed by atoms with Gasteiger partial charge in [-0.3, -0.25) is 0 Å². The molecule has 0 saturated carbocycles. The van der Waals surface area contributed by atoms with Gasteiger partial charge in [0.1, 0.15) is 0 Å². The van der Waals surface area contributed by atoms with Gasteiger partial charge < -0.3 is 5.32 Å². The molecule has 1 unspecified atom stereocenters. The van der Waals surface area contributed by atoms with Crippen LogP contribution < -0.4 is 5.32 Å². The molecule has 1 heterocycles. The predicted molar refractivity (Wildman–Crippen MR) is 76.1 cm³/mol. The van der Waals surface area contributed by atoms with Crippen molar-refractivity contribution < 1.29 is 8.42 Å². The lowest BCUT2D eigenvalue weighted by molar-refractivity contribution is 0.247. The Morgan fingerprint density at radius 1 is 1.28 bits per heavy atom. The zero-order valence-electron chi connectivity index (χ0n) is 12.2. The van der Waals surface area contributed by atoms with Gasteiger partial charge in [0.15, 0.2) is 0 Å².